The molecule has 3 heteroatoms. The Balaban J connectivity index is 2.13. The number of para-hydroxylation sites is 1. The number of anilines is 1. The average molecular weight is 276 g/mol. The van der Waals surface area contributed by atoms with E-state index in [1.807, 2.05) is 0 Å². The lowest BCUT2D eigenvalue weighted by atomic mass is 10.1. The quantitative estimate of drug-likeness (QED) is 0.817. The van der Waals surface area contributed by atoms with E-state index in [0.29, 0.717) is 6.04 Å². The third-order valence-corrected chi connectivity index (χ3v) is 4.15. The zero-order valence-electron chi connectivity index (χ0n) is 13.1. The predicted molar refractivity (Wildman–Crippen MR) is 85.5 cm³/mol. The molecule has 1 N–H and O–H groups in total. The number of unbranched alkanes of at least 4 members (excludes halogenated alkanes) is 1. The molecule has 1 aromatic carbocycles. The molecule has 0 spiro atoms. The summed E-state index contributed by atoms with van der Waals surface area (Å²) in [7, 11) is 0. The first-order valence-corrected chi connectivity index (χ1v) is 7.98. The summed E-state index contributed by atoms with van der Waals surface area (Å²) in [6.07, 6.45) is 3.70. The summed E-state index contributed by atoms with van der Waals surface area (Å²) in [5.41, 5.74) is 2.46. The minimum Gasteiger partial charge on any atom is -0.489 e. The summed E-state index contributed by atoms with van der Waals surface area (Å²) < 4.78 is 5.88. The van der Waals surface area contributed by atoms with Crippen LogP contribution in [0.3, 0.4) is 0 Å². The Hall–Kier alpha value is -1.22. The standard InChI is InChI=1S/C17H28N2O/c1-4-6-11-19(14(3)5-2)13-15-8-7-9-16-17(15)20-12-10-18-16/h7-9,14,18H,4-6,10-13H2,1-3H3. The molecule has 1 atom stereocenters. The first kappa shape index (κ1) is 15.2. The van der Waals surface area contributed by atoms with Crippen molar-refractivity contribution in [2.45, 2.75) is 52.6 Å². The summed E-state index contributed by atoms with van der Waals surface area (Å²) in [4.78, 5) is 2.58. The molecule has 2 rings (SSSR count). The highest BCUT2D eigenvalue weighted by molar-refractivity contribution is 5.61. The van der Waals surface area contributed by atoms with Crippen molar-refractivity contribution in [2.75, 3.05) is 25.0 Å². The molecule has 0 amide bonds. The van der Waals surface area contributed by atoms with Crippen molar-refractivity contribution in [1.82, 2.24) is 4.90 Å². The molecule has 1 heterocycles. The summed E-state index contributed by atoms with van der Waals surface area (Å²) in [5.74, 6) is 1.06. The van der Waals surface area contributed by atoms with E-state index in [4.69, 9.17) is 4.74 Å². The topological polar surface area (TPSA) is 24.5 Å². The molecule has 3 nitrogen and oxygen atoms in total. The molecule has 1 aliphatic heterocycles. The molecule has 0 fully saturated rings. The van der Waals surface area contributed by atoms with E-state index in [-0.39, 0.29) is 0 Å². The van der Waals surface area contributed by atoms with Crippen LogP contribution in [-0.2, 0) is 6.54 Å². The van der Waals surface area contributed by atoms with Gasteiger partial charge in [-0.05, 0) is 32.4 Å². The third-order valence-electron chi connectivity index (χ3n) is 4.15. The van der Waals surface area contributed by atoms with Gasteiger partial charge in [0.25, 0.3) is 0 Å². The number of fused-ring (bicyclic) bond motifs is 1. The van der Waals surface area contributed by atoms with Crippen molar-refractivity contribution >= 4 is 5.69 Å². The highest BCUT2D eigenvalue weighted by Crippen LogP contribution is 2.32. The molecule has 20 heavy (non-hydrogen) atoms. The molecule has 1 unspecified atom stereocenters. The number of nitrogens with zero attached hydrogens (tertiary/aromatic N) is 1. The lowest BCUT2D eigenvalue weighted by molar-refractivity contribution is 0.188. The maximum absolute atomic E-state index is 5.88. The van der Waals surface area contributed by atoms with Crippen LogP contribution < -0.4 is 10.1 Å². The van der Waals surface area contributed by atoms with Crippen molar-refractivity contribution in [3.63, 3.8) is 0 Å². The van der Waals surface area contributed by atoms with Crippen LogP contribution in [0.2, 0.25) is 0 Å². The predicted octanol–water partition coefficient (Wildman–Crippen LogP) is 3.89. The van der Waals surface area contributed by atoms with Crippen LogP contribution in [0.15, 0.2) is 18.2 Å². The van der Waals surface area contributed by atoms with E-state index < -0.39 is 0 Å². The SMILES string of the molecule is CCCCN(Cc1cccc2c1OCCN2)C(C)CC. The Kier molecular flexibility index (Phi) is 5.72. The maximum Gasteiger partial charge on any atom is 0.146 e. The van der Waals surface area contributed by atoms with E-state index in [0.717, 1.165) is 31.1 Å². The first-order chi connectivity index (χ1) is 9.76. The fraction of sp³-hybridized carbons (Fsp3) is 0.647. The zero-order chi connectivity index (χ0) is 14.4. The summed E-state index contributed by atoms with van der Waals surface area (Å²) in [6.45, 7) is 10.7. The van der Waals surface area contributed by atoms with Crippen LogP contribution in [0, 0.1) is 0 Å². The van der Waals surface area contributed by atoms with Crippen LogP contribution in [0.5, 0.6) is 5.75 Å². The number of benzene rings is 1. The van der Waals surface area contributed by atoms with Crippen molar-refractivity contribution in [2.24, 2.45) is 0 Å². The van der Waals surface area contributed by atoms with E-state index in [9.17, 15) is 0 Å². The Morgan fingerprint density at radius 2 is 2.20 bits per heavy atom. The van der Waals surface area contributed by atoms with Gasteiger partial charge in [-0.1, -0.05) is 32.4 Å². The monoisotopic (exact) mass is 276 g/mol. The lowest BCUT2D eigenvalue weighted by Gasteiger charge is -2.30. The molecule has 0 saturated heterocycles. The summed E-state index contributed by atoms with van der Waals surface area (Å²) >= 11 is 0. The second-order valence-corrected chi connectivity index (χ2v) is 5.65. The van der Waals surface area contributed by atoms with Crippen LogP contribution in [0.4, 0.5) is 5.69 Å². The van der Waals surface area contributed by atoms with Gasteiger partial charge >= 0.3 is 0 Å². The largest absolute Gasteiger partial charge is 0.489 e. The van der Waals surface area contributed by atoms with Gasteiger partial charge in [-0.25, -0.2) is 0 Å². The van der Waals surface area contributed by atoms with E-state index in [1.54, 1.807) is 0 Å². The van der Waals surface area contributed by atoms with Gasteiger partial charge in [0.1, 0.15) is 12.4 Å². The number of hydrogen-bond acceptors (Lipinski definition) is 3. The van der Waals surface area contributed by atoms with Crippen LogP contribution in [0.1, 0.15) is 45.6 Å². The van der Waals surface area contributed by atoms with E-state index in [1.165, 1.54) is 31.4 Å². The fourth-order valence-corrected chi connectivity index (χ4v) is 2.65. The van der Waals surface area contributed by atoms with E-state index >= 15 is 0 Å². The molecule has 112 valence electrons. The molecule has 1 aromatic rings. The molecule has 0 bridgehead atoms. The van der Waals surface area contributed by atoms with E-state index in [2.05, 4.69) is 49.2 Å². The molecule has 1 aliphatic rings. The van der Waals surface area contributed by atoms with Gasteiger partial charge in [-0.2, -0.15) is 0 Å². The maximum atomic E-state index is 5.88. The highest BCUT2D eigenvalue weighted by Gasteiger charge is 2.18. The van der Waals surface area contributed by atoms with Crippen molar-refractivity contribution in [3.05, 3.63) is 23.8 Å². The fourth-order valence-electron chi connectivity index (χ4n) is 2.65. The van der Waals surface area contributed by atoms with Crippen LogP contribution in [0.25, 0.3) is 0 Å². The number of nitrogens with one attached hydrogen (secondary N) is 1. The van der Waals surface area contributed by atoms with Crippen LogP contribution in [-0.4, -0.2) is 30.6 Å². The Morgan fingerprint density at radius 3 is 2.95 bits per heavy atom. The lowest BCUT2D eigenvalue weighted by Crippen LogP contribution is -2.33. The van der Waals surface area contributed by atoms with Crippen molar-refractivity contribution < 1.29 is 4.74 Å². The van der Waals surface area contributed by atoms with Gasteiger partial charge in [0.2, 0.25) is 0 Å². The van der Waals surface area contributed by atoms with Gasteiger partial charge < -0.3 is 10.1 Å². The Labute approximate surface area is 123 Å². The molecule has 0 aromatic heterocycles. The van der Waals surface area contributed by atoms with Gasteiger partial charge in [0.05, 0.1) is 5.69 Å². The highest BCUT2D eigenvalue weighted by atomic mass is 16.5. The Bertz CT molecular complexity index is 419. The van der Waals surface area contributed by atoms with Gasteiger partial charge in [0, 0.05) is 24.7 Å². The number of hydrogen-bond donors (Lipinski definition) is 1. The second kappa shape index (κ2) is 7.53. The first-order valence-electron chi connectivity index (χ1n) is 7.98. The summed E-state index contributed by atoms with van der Waals surface area (Å²) in [5, 5.41) is 3.42. The van der Waals surface area contributed by atoms with Gasteiger partial charge in [-0.3, -0.25) is 4.90 Å². The van der Waals surface area contributed by atoms with Crippen molar-refractivity contribution in [3.8, 4) is 5.75 Å². The molecule has 0 aliphatic carbocycles. The van der Waals surface area contributed by atoms with Gasteiger partial charge in [-0.15, -0.1) is 0 Å². The van der Waals surface area contributed by atoms with Gasteiger partial charge in [0.15, 0.2) is 0 Å². The minimum atomic E-state index is 0.619. The van der Waals surface area contributed by atoms with Crippen molar-refractivity contribution in [1.29, 1.82) is 0 Å². The smallest absolute Gasteiger partial charge is 0.146 e. The summed E-state index contributed by atoms with van der Waals surface area (Å²) in [6, 6.07) is 7.06. The average Bonchev–Trinajstić information content (AvgIpc) is 2.50. The molecule has 0 radical (unpaired) electrons. The zero-order valence-corrected chi connectivity index (χ0v) is 13.1. The molecule has 0 saturated carbocycles. The number of ether oxygens (including phenoxy) is 1. The normalized spacial score (nSPS) is 15.4. The third kappa shape index (κ3) is 3.66. The van der Waals surface area contributed by atoms with Crippen LogP contribution >= 0.6 is 0 Å². The molecular weight excluding hydrogens is 248 g/mol. The molecular formula is C17H28N2O. The number of rotatable bonds is 7. The minimum absolute atomic E-state index is 0.619. The Morgan fingerprint density at radius 1 is 1.35 bits per heavy atom. The second-order valence-electron chi connectivity index (χ2n) is 5.65.